The molecule has 1 aromatic carbocycles. The van der Waals surface area contributed by atoms with Crippen molar-refractivity contribution in [2.45, 2.75) is 95.4 Å². The molecule has 5 rings (SSSR count). The van der Waals surface area contributed by atoms with Crippen molar-refractivity contribution in [2.24, 2.45) is 17.3 Å². The zero-order valence-corrected chi connectivity index (χ0v) is 30.3. The quantitative estimate of drug-likeness (QED) is 0.163. The summed E-state index contributed by atoms with van der Waals surface area (Å²) in [6, 6.07) is 3.28. The number of hydrogen-bond donors (Lipinski definition) is 2. The van der Waals surface area contributed by atoms with Gasteiger partial charge in [0.25, 0.3) is 0 Å². The van der Waals surface area contributed by atoms with Crippen molar-refractivity contribution in [3.8, 4) is 0 Å². The van der Waals surface area contributed by atoms with Gasteiger partial charge in [0, 0.05) is 31.5 Å². The molecule has 0 aromatic heterocycles. The summed E-state index contributed by atoms with van der Waals surface area (Å²) in [7, 11) is -3.93. The van der Waals surface area contributed by atoms with Gasteiger partial charge in [-0.15, -0.1) is 6.58 Å². The molecular weight excluding hydrogens is 699 g/mol. The number of likely N-dealkylation sites (tertiary alicyclic amines) is 1. The van der Waals surface area contributed by atoms with E-state index >= 15 is 0 Å². The van der Waals surface area contributed by atoms with Crippen LogP contribution in [-0.4, -0.2) is 89.9 Å². The van der Waals surface area contributed by atoms with E-state index in [0.717, 1.165) is 6.08 Å². The summed E-state index contributed by atoms with van der Waals surface area (Å²) in [6.45, 7) is 11.6. The Labute approximate surface area is 302 Å². The van der Waals surface area contributed by atoms with E-state index in [0.29, 0.717) is 24.0 Å². The lowest BCUT2D eigenvalue weighted by atomic mass is 9.91. The highest BCUT2D eigenvalue weighted by Gasteiger charge is 2.61. The summed E-state index contributed by atoms with van der Waals surface area (Å²) in [6.07, 6.45) is 0.618. The Kier molecular flexibility index (Phi) is 11.0. The van der Waals surface area contributed by atoms with Gasteiger partial charge in [0.1, 0.15) is 17.5 Å². The zero-order chi connectivity index (χ0) is 38.2. The molecule has 2 heterocycles. The van der Waals surface area contributed by atoms with Gasteiger partial charge in [-0.3, -0.25) is 33.6 Å². The molecule has 0 bridgehead atoms. The Balaban J connectivity index is 1.38. The van der Waals surface area contributed by atoms with Gasteiger partial charge in [-0.05, 0) is 63.7 Å². The van der Waals surface area contributed by atoms with E-state index in [1.165, 1.54) is 28.0 Å². The molecule has 52 heavy (non-hydrogen) atoms. The van der Waals surface area contributed by atoms with Crippen molar-refractivity contribution < 1.29 is 51.0 Å². The lowest BCUT2D eigenvalue weighted by Crippen LogP contribution is -2.48. The lowest BCUT2D eigenvalue weighted by molar-refractivity contribution is -0.158. The van der Waals surface area contributed by atoms with Gasteiger partial charge >= 0.3 is 12.1 Å². The third-order valence-electron chi connectivity index (χ3n) is 9.82. The van der Waals surface area contributed by atoms with Gasteiger partial charge < -0.3 is 19.7 Å². The monoisotopic (exact) mass is 744 g/mol. The van der Waals surface area contributed by atoms with Crippen molar-refractivity contribution in [3.05, 3.63) is 60.5 Å². The Hall–Kier alpha value is -4.60. The highest BCUT2D eigenvalue weighted by atomic mass is 32.2. The molecule has 1 saturated heterocycles. The predicted octanol–water partition coefficient (Wildman–Crippen LogP) is 2.66. The Bertz CT molecular complexity index is 1790. The molecule has 0 unspecified atom stereocenters. The first-order valence-electron chi connectivity index (χ1n) is 17.2. The van der Waals surface area contributed by atoms with E-state index in [9.17, 15) is 41.6 Å². The fraction of sp³-hybridized carbons (Fsp3) is 0.556. The maximum Gasteiger partial charge on any atom is 0.410 e. The van der Waals surface area contributed by atoms with Gasteiger partial charge in [-0.25, -0.2) is 17.6 Å². The van der Waals surface area contributed by atoms with Crippen LogP contribution >= 0.6 is 0 Å². The third kappa shape index (κ3) is 8.70. The highest BCUT2D eigenvalue weighted by molar-refractivity contribution is 7.90. The molecule has 16 heteroatoms. The van der Waals surface area contributed by atoms with Crippen molar-refractivity contribution in [3.63, 3.8) is 0 Å². The van der Waals surface area contributed by atoms with E-state index in [1.54, 1.807) is 26.8 Å². The molecule has 2 saturated carbocycles. The SMILES string of the molecule is C=CC(=O)NC[C@H](CC(=O)OC(C)(C)C)C(=O)N1C[C@H](OC(=O)N2Cc3cccc(F)c3C2)C[C@H]1C(=O)C[C@]1(C(=O)NS(=O)(=O)C2CC2)C[C@H]1C=C. The van der Waals surface area contributed by atoms with Crippen LogP contribution < -0.4 is 10.0 Å². The van der Waals surface area contributed by atoms with E-state index in [4.69, 9.17) is 9.47 Å². The molecule has 2 aliphatic carbocycles. The van der Waals surface area contributed by atoms with Crippen LogP contribution in [0.25, 0.3) is 0 Å². The van der Waals surface area contributed by atoms with E-state index in [2.05, 4.69) is 23.2 Å². The number of rotatable bonds is 14. The van der Waals surface area contributed by atoms with Gasteiger partial charge in [0.15, 0.2) is 5.78 Å². The molecule has 0 radical (unpaired) electrons. The number of hydrogen-bond acceptors (Lipinski definition) is 10. The minimum absolute atomic E-state index is 0.0378. The summed E-state index contributed by atoms with van der Waals surface area (Å²) >= 11 is 0. The van der Waals surface area contributed by atoms with Crippen LogP contribution in [0.1, 0.15) is 70.4 Å². The average Bonchev–Trinajstić information content (AvgIpc) is 3.96. The first-order chi connectivity index (χ1) is 24.4. The van der Waals surface area contributed by atoms with Gasteiger partial charge in [0.05, 0.1) is 42.1 Å². The normalized spacial score (nSPS) is 24.3. The second kappa shape index (κ2) is 14.8. The minimum atomic E-state index is -3.93. The number of halogens is 1. The Morgan fingerprint density at radius 2 is 1.83 bits per heavy atom. The first-order valence-corrected chi connectivity index (χ1v) is 18.8. The van der Waals surface area contributed by atoms with Crippen molar-refractivity contribution in [1.29, 1.82) is 0 Å². The fourth-order valence-corrected chi connectivity index (χ4v) is 8.21. The molecule has 4 amide bonds. The summed E-state index contributed by atoms with van der Waals surface area (Å²) in [5, 5.41) is 1.84. The molecule has 1 aromatic rings. The molecular formula is C36H45FN4O10S. The second-order valence-electron chi connectivity index (χ2n) is 14.9. The number of nitrogens with one attached hydrogen (secondary N) is 2. The summed E-state index contributed by atoms with van der Waals surface area (Å²) < 4.78 is 53.0. The Morgan fingerprint density at radius 1 is 1.12 bits per heavy atom. The number of carbonyl (C=O) groups is 6. The second-order valence-corrected chi connectivity index (χ2v) is 16.9. The van der Waals surface area contributed by atoms with E-state index in [1.807, 2.05) is 0 Å². The summed E-state index contributed by atoms with van der Waals surface area (Å²) in [4.78, 5) is 82.6. The standard InChI is InChI=1S/C36H45FN4O10S/c1-6-23-15-36(23,33(46)39-52(48,49)25-11-12-25)16-29(42)28-14-24(50-34(47)40-18-21-9-8-10-27(37)26(21)20-40)19-41(28)32(45)22(17-38-30(43)7-2)13-31(44)51-35(3,4)5/h6-10,22-25,28H,1-2,11-20H2,3-5H3,(H,38,43)(H,39,46)/t22-,23+,24+,28-,36+/m0/s1. The number of fused-ring (bicyclic) bond motifs is 1. The molecule has 3 fully saturated rings. The predicted molar refractivity (Wildman–Crippen MR) is 184 cm³/mol. The fourth-order valence-electron chi connectivity index (χ4n) is 6.83. The maximum atomic E-state index is 14.4. The number of ketones is 1. The number of Topliss-reactive ketones (excluding diaryl/α,β-unsaturated/α-hetero) is 1. The van der Waals surface area contributed by atoms with Gasteiger partial charge in [-0.2, -0.15) is 0 Å². The highest BCUT2D eigenvalue weighted by Crippen LogP contribution is 2.57. The van der Waals surface area contributed by atoms with Crippen LogP contribution in [0.4, 0.5) is 9.18 Å². The average molecular weight is 745 g/mol. The van der Waals surface area contributed by atoms with Crippen LogP contribution in [-0.2, 0) is 56.6 Å². The molecule has 282 valence electrons. The van der Waals surface area contributed by atoms with Crippen LogP contribution in [0.5, 0.6) is 0 Å². The van der Waals surface area contributed by atoms with Crippen LogP contribution in [0.2, 0.25) is 0 Å². The van der Waals surface area contributed by atoms with Crippen LogP contribution in [0, 0.1) is 23.1 Å². The molecule has 0 spiro atoms. The number of ether oxygens (including phenoxy) is 2. The number of sulfonamides is 1. The zero-order valence-electron chi connectivity index (χ0n) is 29.5. The van der Waals surface area contributed by atoms with Crippen molar-refractivity contribution in [2.75, 3.05) is 13.1 Å². The Morgan fingerprint density at radius 3 is 2.42 bits per heavy atom. The van der Waals surface area contributed by atoms with E-state index in [-0.39, 0.29) is 39.0 Å². The molecule has 2 N–H and O–H groups in total. The van der Waals surface area contributed by atoms with E-state index < -0.39 is 104 Å². The maximum absolute atomic E-state index is 14.4. The summed E-state index contributed by atoms with van der Waals surface area (Å²) in [5.41, 5.74) is -1.32. The molecule has 4 aliphatic rings. The number of carbonyl (C=O) groups excluding carboxylic acids is 6. The minimum Gasteiger partial charge on any atom is -0.460 e. The molecule has 5 atom stereocenters. The van der Waals surface area contributed by atoms with Gasteiger partial charge in [0.2, 0.25) is 27.7 Å². The number of amides is 4. The first kappa shape index (κ1) is 38.6. The molecule has 2 aliphatic heterocycles. The topological polar surface area (TPSA) is 186 Å². The van der Waals surface area contributed by atoms with Crippen molar-refractivity contribution >= 4 is 45.6 Å². The lowest BCUT2D eigenvalue weighted by Gasteiger charge is -2.29. The smallest absolute Gasteiger partial charge is 0.410 e. The number of nitrogens with zero attached hydrogens (tertiary/aromatic N) is 2. The van der Waals surface area contributed by atoms with Gasteiger partial charge in [-0.1, -0.05) is 24.8 Å². The number of esters is 1. The van der Waals surface area contributed by atoms with Crippen LogP contribution in [0.15, 0.2) is 43.5 Å². The largest absolute Gasteiger partial charge is 0.460 e. The third-order valence-corrected chi connectivity index (χ3v) is 11.6. The van der Waals surface area contributed by atoms with Crippen molar-refractivity contribution in [1.82, 2.24) is 19.8 Å². The number of allylic oxidation sites excluding steroid dienone is 1. The van der Waals surface area contributed by atoms with Crippen LogP contribution in [0.3, 0.4) is 0 Å². The summed E-state index contributed by atoms with van der Waals surface area (Å²) in [5.74, 6) is -5.64. The molecule has 14 nitrogen and oxygen atoms in total. The number of benzene rings is 1.